The van der Waals surface area contributed by atoms with Crippen molar-refractivity contribution in [1.82, 2.24) is 61.1 Å². The second-order valence-corrected chi connectivity index (χ2v) is 26.4. The molecule has 1 saturated heterocycles. The fourth-order valence-electron chi connectivity index (χ4n) is 10.0. The number of benzene rings is 2. The summed E-state index contributed by atoms with van der Waals surface area (Å²) in [5.41, 5.74) is 14.2. The number of aromatic nitrogens is 7. The number of aliphatic hydroxyl groups excluding tert-OH is 2. The van der Waals surface area contributed by atoms with Crippen molar-refractivity contribution < 1.29 is 44.1 Å². The summed E-state index contributed by atoms with van der Waals surface area (Å²) >= 11 is 6.88. The van der Waals surface area contributed by atoms with Crippen molar-refractivity contribution >= 4 is 103 Å². The van der Waals surface area contributed by atoms with Crippen molar-refractivity contribution in [3.05, 3.63) is 147 Å². The van der Waals surface area contributed by atoms with Gasteiger partial charge in [-0.2, -0.15) is 0 Å². The van der Waals surface area contributed by atoms with Crippen LogP contribution in [0.3, 0.4) is 0 Å². The third kappa shape index (κ3) is 13.9. The summed E-state index contributed by atoms with van der Waals surface area (Å²) in [7, 11) is 0. The number of rotatable bonds is 12. The SMILES string of the molecule is Cc1sc2nc1C(=O)N[C@@H]([C@H](O)c1ccccc1)c1nc(cs1)C(=O)N[C@@H](Cc1ccc(O)cc1)C(=O)N[C@@H]([C@@H](C)[C@@H](O)CN1CCCCC1)c1nc(cs1)-c1nc(cs1)-c1nc(-c3nc(C(N)=O)cs3)ccc1-c1nc(cs1)C(=O)N[C@H]2CC(N)=O. The van der Waals surface area contributed by atoms with Crippen LogP contribution < -0.4 is 32.7 Å². The topological polar surface area (TPSA) is 357 Å². The van der Waals surface area contributed by atoms with Crippen LogP contribution in [0.2, 0.25) is 0 Å². The maximum absolute atomic E-state index is 15.1. The number of β-amino-alcohol motifs (C(OH)–C–C–N with tert-alkyl or cyclic N) is 1. The first-order valence-electron chi connectivity index (χ1n) is 27.4. The van der Waals surface area contributed by atoms with Gasteiger partial charge in [-0.05, 0) is 68.2 Å². The van der Waals surface area contributed by atoms with Crippen molar-refractivity contribution in [3.63, 3.8) is 0 Å². The van der Waals surface area contributed by atoms with Crippen LogP contribution in [0.1, 0.15) is 130 Å². The number of hydrogen-bond acceptors (Lipinski definition) is 23. The number of phenols is 1. The Morgan fingerprint density at radius 2 is 1.25 bits per heavy atom. The van der Waals surface area contributed by atoms with Crippen LogP contribution in [0, 0.1) is 12.8 Å². The number of nitrogens with zero attached hydrogens (tertiary/aromatic N) is 8. The third-order valence-corrected chi connectivity index (χ3v) is 20.3. The third-order valence-electron chi connectivity index (χ3n) is 14.7. The minimum atomic E-state index is -1.41. The van der Waals surface area contributed by atoms with E-state index in [1.165, 1.54) is 56.9 Å². The first-order chi connectivity index (χ1) is 41.9. The van der Waals surface area contributed by atoms with Gasteiger partial charge in [-0.1, -0.05) is 55.8 Å². The highest BCUT2D eigenvalue weighted by Crippen LogP contribution is 2.40. The lowest BCUT2D eigenvalue weighted by atomic mass is 9.94. The standard InChI is InChI=1S/C58H56N14O9S6/c1-27(41(74)21-72-17-7-4-8-18-72)43-57-68-40(26-86-57)55-64-36(22-83-55)45-32(15-16-33(61-45)54-65-37(23-84-54)48(60)77)53-66-38(24-82-53)51(80)63-35(20-42(59)75)56-71-44(28(2)87-56)52(81)70-46(47(76)30-9-5-3-6-10-30)58-67-39(25-85-58)50(79)62-34(49(78)69-43)19-29-11-13-31(73)14-12-29/h3,5-6,9-16,22-27,34-35,41,43,46-47,73-74,76H,4,7-8,17-21H2,1-2H3,(H2,59,75)(H2,60,77)(H,62,79)(H,63,80)(H,69,78)(H,70,81)/t27-,34-,35-,41-,43-,46-,47+/m0/s1. The largest absolute Gasteiger partial charge is 0.508 e. The van der Waals surface area contributed by atoms with Crippen molar-refractivity contribution in [1.29, 1.82) is 0 Å². The molecule has 11 N–H and O–H groups in total. The zero-order chi connectivity index (χ0) is 61.0. The van der Waals surface area contributed by atoms with Crippen LogP contribution in [0.4, 0.5) is 0 Å². The molecule has 29 heteroatoms. The molecule has 23 nitrogen and oxygen atoms in total. The van der Waals surface area contributed by atoms with E-state index in [4.69, 9.17) is 31.4 Å². The van der Waals surface area contributed by atoms with Gasteiger partial charge in [0.15, 0.2) is 0 Å². The quantitative estimate of drug-likeness (QED) is 0.0586. The van der Waals surface area contributed by atoms with Gasteiger partial charge in [0.25, 0.3) is 23.6 Å². The van der Waals surface area contributed by atoms with Crippen LogP contribution in [0.25, 0.3) is 43.4 Å². The van der Waals surface area contributed by atoms with E-state index in [-0.39, 0.29) is 45.0 Å². The van der Waals surface area contributed by atoms with Crippen LogP contribution in [-0.4, -0.2) is 122 Å². The number of pyridine rings is 1. The Hall–Kier alpha value is -8.13. The second-order valence-electron chi connectivity index (χ2n) is 20.8. The Labute approximate surface area is 521 Å². The molecule has 6 amide bonds. The van der Waals surface area contributed by atoms with Crippen molar-refractivity contribution in [2.75, 3.05) is 19.6 Å². The molecule has 0 radical (unpaired) electrons. The minimum Gasteiger partial charge on any atom is -0.508 e. The number of aromatic hydroxyl groups is 1. The molecule has 9 aromatic rings. The highest BCUT2D eigenvalue weighted by Gasteiger charge is 2.36. The molecule has 0 saturated carbocycles. The zero-order valence-electron chi connectivity index (χ0n) is 46.4. The molecule has 0 aliphatic carbocycles. The number of likely N-dealkylation sites (tertiary alicyclic amines) is 1. The summed E-state index contributed by atoms with van der Waals surface area (Å²) in [6.07, 6.45) is 0.286. The highest BCUT2D eigenvalue weighted by molar-refractivity contribution is 7.15. The molecule has 11 rings (SSSR count). The molecular formula is C58H56N14O9S6. The molecule has 1 fully saturated rings. The summed E-state index contributed by atoms with van der Waals surface area (Å²) in [5.74, 6) is -4.91. The number of aryl methyl sites for hydroxylation is 1. The number of amides is 6. The van der Waals surface area contributed by atoms with Gasteiger partial charge in [-0.25, -0.2) is 34.9 Å². The van der Waals surface area contributed by atoms with E-state index in [0.29, 0.717) is 70.9 Å². The van der Waals surface area contributed by atoms with Gasteiger partial charge in [-0.3, -0.25) is 28.8 Å². The average Bonchev–Trinajstić information content (AvgIpc) is 2.50. The molecule has 2 aromatic carbocycles. The molecule has 7 aromatic heterocycles. The fourth-order valence-corrected chi connectivity index (χ4v) is 15.3. The number of fused-ring (bicyclic) bond motifs is 14. The number of nitrogens with one attached hydrogen (secondary N) is 4. The predicted molar refractivity (Wildman–Crippen MR) is 331 cm³/mol. The number of nitrogens with two attached hydrogens (primary N) is 2. The van der Waals surface area contributed by atoms with Crippen LogP contribution in [0.15, 0.2) is 93.6 Å². The smallest absolute Gasteiger partial charge is 0.271 e. The Kier molecular flexibility index (Phi) is 18.4. The van der Waals surface area contributed by atoms with Crippen LogP contribution in [-0.2, 0) is 16.0 Å². The average molecular weight is 1290 g/mol. The second kappa shape index (κ2) is 26.5. The van der Waals surface area contributed by atoms with E-state index >= 15 is 4.79 Å². The molecule has 2 aliphatic rings. The number of piperidine rings is 1. The summed E-state index contributed by atoms with van der Waals surface area (Å²) < 4.78 is 0. The fraction of sp³-hybridized carbons (Fsp3) is 0.293. The van der Waals surface area contributed by atoms with Gasteiger partial charge >= 0.3 is 0 Å². The molecule has 87 heavy (non-hydrogen) atoms. The number of carbonyl (C=O) groups excluding carboxylic acids is 6. The lowest BCUT2D eigenvalue weighted by Gasteiger charge is -2.34. The van der Waals surface area contributed by atoms with E-state index in [1.54, 1.807) is 77.7 Å². The molecule has 448 valence electrons. The lowest BCUT2D eigenvalue weighted by Crippen LogP contribution is -2.51. The van der Waals surface area contributed by atoms with Gasteiger partial charge in [0.2, 0.25) is 11.8 Å². The Balaban J connectivity index is 1.02. The van der Waals surface area contributed by atoms with E-state index in [1.807, 2.05) is 6.92 Å². The molecule has 7 atom stereocenters. The number of thiazole rings is 6. The maximum Gasteiger partial charge on any atom is 0.271 e. The van der Waals surface area contributed by atoms with E-state index in [0.717, 1.165) is 66.4 Å². The number of primary amides is 2. The predicted octanol–water partition coefficient (Wildman–Crippen LogP) is 7.15. The minimum absolute atomic E-state index is 0.00317. The number of carbonyl (C=O) groups is 6. The van der Waals surface area contributed by atoms with E-state index < -0.39 is 84.2 Å². The first-order valence-corrected chi connectivity index (χ1v) is 32.6. The molecule has 10 bridgehead atoms. The molecular weight excluding hydrogens is 1230 g/mol. The normalized spacial score (nSPS) is 19.0. The summed E-state index contributed by atoms with van der Waals surface area (Å²) in [4.78, 5) is 119. The van der Waals surface area contributed by atoms with Crippen LogP contribution >= 0.6 is 68.0 Å². The maximum atomic E-state index is 15.1. The Morgan fingerprint density at radius 3 is 1.98 bits per heavy atom. The first kappa shape index (κ1) is 60.6. The Morgan fingerprint density at radius 1 is 0.621 bits per heavy atom. The molecule has 0 unspecified atom stereocenters. The van der Waals surface area contributed by atoms with E-state index in [2.05, 4.69) is 41.1 Å². The Bertz CT molecular complexity index is 4000. The van der Waals surface area contributed by atoms with Crippen molar-refractivity contribution in [2.45, 2.75) is 82.3 Å². The summed E-state index contributed by atoms with van der Waals surface area (Å²) in [5, 5.41) is 56.1. The molecule has 2 aliphatic heterocycles. The number of aliphatic hydroxyl groups is 2. The number of hydrogen-bond donors (Lipinski definition) is 9. The van der Waals surface area contributed by atoms with Crippen molar-refractivity contribution in [3.8, 4) is 49.1 Å². The van der Waals surface area contributed by atoms with Gasteiger partial charge < -0.3 is 53.0 Å². The monoisotopic (exact) mass is 1280 g/mol. The zero-order valence-corrected chi connectivity index (χ0v) is 51.3. The highest BCUT2D eigenvalue weighted by atomic mass is 32.1. The van der Waals surface area contributed by atoms with Gasteiger partial charge in [-0.15, -0.1) is 68.0 Å². The van der Waals surface area contributed by atoms with Gasteiger partial charge in [0.1, 0.15) is 93.8 Å². The molecule has 0 spiro atoms. The lowest BCUT2D eigenvalue weighted by molar-refractivity contribution is -0.124. The van der Waals surface area contributed by atoms with E-state index in [9.17, 15) is 39.3 Å². The summed E-state index contributed by atoms with van der Waals surface area (Å²) in [6.45, 7) is 5.44. The van der Waals surface area contributed by atoms with Crippen LogP contribution in [0.5, 0.6) is 5.75 Å². The summed E-state index contributed by atoms with van der Waals surface area (Å²) in [6, 6.07) is 13.6. The number of phenolic OH excluding ortho intramolecular Hbond substituents is 1. The van der Waals surface area contributed by atoms with Gasteiger partial charge in [0, 0.05) is 56.2 Å². The molecule has 9 heterocycles. The van der Waals surface area contributed by atoms with Gasteiger partial charge in [0.05, 0.1) is 30.3 Å². The van der Waals surface area contributed by atoms with Crippen molar-refractivity contribution in [2.24, 2.45) is 17.4 Å².